The molecule has 0 unspecified atom stereocenters. The molecular weight excluding hydrogens is 252 g/mol. The number of alkyl halides is 4. The molecule has 1 heterocycles. The van der Waals surface area contributed by atoms with Crippen LogP contribution in [0, 0.1) is 0 Å². The number of aromatic nitrogens is 2. The fraction of sp³-hybridized carbons (Fsp3) is 0.625. The Bertz CT molecular complexity index is 358. The van der Waals surface area contributed by atoms with Gasteiger partial charge in [0.15, 0.2) is 5.69 Å². The highest BCUT2D eigenvalue weighted by molar-refractivity contribution is 6.31. The van der Waals surface area contributed by atoms with Crippen molar-refractivity contribution in [2.24, 2.45) is 0 Å². The second-order valence-corrected chi connectivity index (χ2v) is 3.91. The lowest BCUT2D eigenvalue weighted by Crippen LogP contribution is -2.10. The first kappa shape index (κ1) is 12.6. The van der Waals surface area contributed by atoms with Crippen molar-refractivity contribution in [3.63, 3.8) is 0 Å². The van der Waals surface area contributed by atoms with Crippen molar-refractivity contribution in [2.45, 2.75) is 31.9 Å². The summed E-state index contributed by atoms with van der Waals surface area (Å²) in [6, 6.07) is -0.240. The highest BCUT2D eigenvalue weighted by atomic mass is 35.5. The lowest BCUT2D eigenvalue weighted by molar-refractivity contribution is -0.142. The molecule has 7 heteroatoms. The minimum Gasteiger partial charge on any atom is -0.251 e. The average molecular weight is 261 g/mol. The van der Waals surface area contributed by atoms with Gasteiger partial charge in [0.2, 0.25) is 0 Å². The smallest absolute Gasteiger partial charge is 0.251 e. The Labute approximate surface area is 95.0 Å². The molecule has 0 bridgehead atoms. The summed E-state index contributed by atoms with van der Waals surface area (Å²) in [6.07, 6.45) is -4.52. The van der Waals surface area contributed by atoms with Crippen LogP contribution in [0.3, 0.4) is 0 Å². The van der Waals surface area contributed by atoms with Crippen LogP contribution in [0.25, 0.3) is 0 Å². The van der Waals surface area contributed by atoms with Crippen LogP contribution in [-0.2, 0) is 12.1 Å². The number of halogens is 5. The van der Waals surface area contributed by atoms with Gasteiger partial charge in [-0.25, -0.2) is 0 Å². The molecule has 0 atom stereocenters. The lowest BCUT2D eigenvalue weighted by atomic mass is 10.3. The molecule has 0 N–H and O–H groups in total. The molecule has 0 saturated heterocycles. The third-order valence-electron chi connectivity index (χ3n) is 1.84. The molecule has 0 aliphatic carbocycles. The molecule has 0 fully saturated rings. The van der Waals surface area contributed by atoms with Crippen molar-refractivity contribution in [3.8, 4) is 0 Å². The monoisotopic (exact) mass is 260 g/mol. The third kappa shape index (κ3) is 2.39. The molecule has 0 spiro atoms. The number of hydrogen-bond acceptors (Lipinski definition) is 1. The molecule has 0 amide bonds. The molecule has 1 aromatic rings. The first-order valence-electron chi connectivity index (χ1n) is 4.19. The second kappa shape index (κ2) is 4.22. The van der Waals surface area contributed by atoms with Crippen molar-refractivity contribution in [2.75, 3.05) is 0 Å². The fourth-order valence-electron chi connectivity index (χ4n) is 1.14. The maximum atomic E-state index is 12.5. The van der Waals surface area contributed by atoms with E-state index in [1.165, 1.54) is 0 Å². The molecule has 0 saturated carbocycles. The summed E-state index contributed by atoms with van der Waals surface area (Å²) in [5, 5.41) is 3.38. The van der Waals surface area contributed by atoms with Crippen molar-refractivity contribution in [3.05, 3.63) is 16.4 Å². The van der Waals surface area contributed by atoms with Gasteiger partial charge in [-0.3, -0.25) is 4.68 Å². The van der Waals surface area contributed by atoms with Crippen LogP contribution in [0.2, 0.25) is 5.15 Å². The van der Waals surface area contributed by atoms with Crippen molar-refractivity contribution in [1.82, 2.24) is 9.78 Å². The zero-order chi connectivity index (χ0) is 11.8. The van der Waals surface area contributed by atoms with Gasteiger partial charge in [0.05, 0.1) is 5.88 Å². The molecule has 86 valence electrons. The Hall–Kier alpha value is -0.420. The van der Waals surface area contributed by atoms with E-state index in [0.717, 1.165) is 4.68 Å². The van der Waals surface area contributed by atoms with E-state index < -0.39 is 11.9 Å². The minimum absolute atomic E-state index is 0.0488. The summed E-state index contributed by atoms with van der Waals surface area (Å²) in [5.74, 6) is -0.305. The van der Waals surface area contributed by atoms with Crippen molar-refractivity contribution < 1.29 is 13.2 Å². The van der Waals surface area contributed by atoms with Gasteiger partial charge in [0.1, 0.15) is 5.15 Å². The Morgan fingerprint density at radius 2 is 1.93 bits per heavy atom. The normalized spacial score (nSPS) is 12.5. The zero-order valence-corrected chi connectivity index (χ0v) is 9.58. The fourth-order valence-corrected chi connectivity index (χ4v) is 1.85. The van der Waals surface area contributed by atoms with Gasteiger partial charge in [0.25, 0.3) is 0 Å². The minimum atomic E-state index is -4.52. The summed E-state index contributed by atoms with van der Waals surface area (Å²) < 4.78 is 38.6. The van der Waals surface area contributed by atoms with Gasteiger partial charge in [-0.1, -0.05) is 11.6 Å². The largest absolute Gasteiger partial charge is 0.435 e. The SMILES string of the molecule is CC(C)n1nc(C(F)(F)F)c(CCl)c1Cl. The second-order valence-electron chi connectivity index (χ2n) is 3.29. The van der Waals surface area contributed by atoms with Crippen LogP contribution in [-0.4, -0.2) is 9.78 Å². The van der Waals surface area contributed by atoms with Crippen LogP contribution < -0.4 is 0 Å². The van der Waals surface area contributed by atoms with Crippen LogP contribution in [0.4, 0.5) is 13.2 Å². The Balaban J connectivity index is 3.35. The molecule has 0 aliphatic rings. The van der Waals surface area contributed by atoms with E-state index in [1.54, 1.807) is 13.8 Å². The molecule has 0 aliphatic heterocycles. The molecule has 0 aromatic carbocycles. The van der Waals surface area contributed by atoms with Crippen LogP contribution in [0.5, 0.6) is 0 Å². The van der Waals surface area contributed by atoms with Gasteiger partial charge < -0.3 is 0 Å². The average Bonchev–Trinajstić information content (AvgIpc) is 2.41. The molecule has 1 aromatic heterocycles. The van der Waals surface area contributed by atoms with E-state index in [4.69, 9.17) is 23.2 Å². The van der Waals surface area contributed by atoms with E-state index in [2.05, 4.69) is 5.10 Å². The first-order chi connectivity index (χ1) is 6.79. The highest BCUT2D eigenvalue weighted by Crippen LogP contribution is 2.36. The third-order valence-corrected chi connectivity index (χ3v) is 2.50. The van der Waals surface area contributed by atoms with E-state index in [0.29, 0.717) is 0 Å². The number of rotatable bonds is 2. The van der Waals surface area contributed by atoms with E-state index >= 15 is 0 Å². The molecule has 1 rings (SSSR count). The predicted molar refractivity (Wildman–Crippen MR) is 52.2 cm³/mol. The standard InChI is InChI=1S/C8H9Cl2F3N2/c1-4(2)15-7(10)5(3-9)6(14-15)8(11,12)13/h4H,3H2,1-2H3. The van der Waals surface area contributed by atoms with Crippen LogP contribution >= 0.6 is 23.2 Å². The summed E-state index contributed by atoms with van der Waals surface area (Å²) in [5.41, 5.74) is -1.17. The number of hydrogen-bond donors (Lipinski definition) is 0. The van der Waals surface area contributed by atoms with Crippen LogP contribution in [0.1, 0.15) is 31.1 Å². The van der Waals surface area contributed by atoms with Crippen molar-refractivity contribution >= 4 is 23.2 Å². The highest BCUT2D eigenvalue weighted by Gasteiger charge is 2.38. The molecule has 15 heavy (non-hydrogen) atoms. The van der Waals surface area contributed by atoms with E-state index in [1.807, 2.05) is 0 Å². The van der Waals surface area contributed by atoms with E-state index in [-0.39, 0.29) is 22.6 Å². The van der Waals surface area contributed by atoms with Gasteiger partial charge in [-0.05, 0) is 13.8 Å². The topological polar surface area (TPSA) is 17.8 Å². The van der Waals surface area contributed by atoms with E-state index in [9.17, 15) is 13.2 Å². The van der Waals surface area contributed by atoms with Crippen LogP contribution in [0.15, 0.2) is 0 Å². The van der Waals surface area contributed by atoms with Crippen molar-refractivity contribution in [1.29, 1.82) is 0 Å². The Kier molecular flexibility index (Phi) is 3.55. The summed E-state index contributed by atoms with van der Waals surface area (Å²) in [7, 11) is 0. The van der Waals surface area contributed by atoms with Gasteiger partial charge in [-0.2, -0.15) is 18.3 Å². The predicted octanol–water partition coefficient (Wildman–Crippen LogP) is 3.88. The maximum Gasteiger partial charge on any atom is 0.435 e. The quantitative estimate of drug-likeness (QED) is 0.739. The van der Waals surface area contributed by atoms with Gasteiger partial charge in [-0.15, -0.1) is 11.6 Å². The maximum absolute atomic E-state index is 12.5. The summed E-state index contributed by atoms with van der Waals surface area (Å²) in [6.45, 7) is 3.38. The molecule has 2 nitrogen and oxygen atoms in total. The molecule has 0 radical (unpaired) electrons. The van der Waals surface area contributed by atoms with Gasteiger partial charge in [0, 0.05) is 11.6 Å². The Morgan fingerprint density at radius 3 is 2.20 bits per heavy atom. The summed E-state index contributed by atoms with van der Waals surface area (Å²) >= 11 is 11.2. The van der Waals surface area contributed by atoms with Gasteiger partial charge >= 0.3 is 6.18 Å². The lowest BCUT2D eigenvalue weighted by Gasteiger charge is -2.06. The number of nitrogens with zero attached hydrogens (tertiary/aromatic N) is 2. The zero-order valence-electron chi connectivity index (χ0n) is 8.07. The first-order valence-corrected chi connectivity index (χ1v) is 5.10. The summed E-state index contributed by atoms with van der Waals surface area (Å²) in [4.78, 5) is 0. The Morgan fingerprint density at radius 1 is 1.40 bits per heavy atom. The molecular formula is C8H9Cl2F3N2.